The quantitative estimate of drug-likeness (QED) is 0.172. The van der Waals surface area contributed by atoms with Crippen molar-refractivity contribution < 1.29 is 23.7 Å². The second-order valence-corrected chi connectivity index (χ2v) is 10.7. The first-order valence-corrected chi connectivity index (χ1v) is 14.4. The van der Waals surface area contributed by atoms with Gasteiger partial charge < -0.3 is 18.9 Å². The van der Waals surface area contributed by atoms with Gasteiger partial charge in [-0.2, -0.15) is 0 Å². The van der Waals surface area contributed by atoms with Crippen molar-refractivity contribution in [2.75, 3.05) is 19.8 Å². The van der Waals surface area contributed by atoms with E-state index in [9.17, 15) is 4.79 Å². The first-order valence-electron chi connectivity index (χ1n) is 14.4. The average molecular weight is 479 g/mol. The first-order chi connectivity index (χ1) is 16.7. The molecule has 0 spiro atoms. The van der Waals surface area contributed by atoms with E-state index in [-0.39, 0.29) is 29.9 Å². The van der Waals surface area contributed by atoms with Crippen molar-refractivity contribution in [3.8, 4) is 0 Å². The minimum absolute atomic E-state index is 0.0256. The third kappa shape index (κ3) is 10.5. The van der Waals surface area contributed by atoms with Gasteiger partial charge >= 0.3 is 0 Å². The topological polar surface area (TPSA) is 54.0 Å². The summed E-state index contributed by atoms with van der Waals surface area (Å²) in [6.07, 6.45) is 24.2. The van der Waals surface area contributed by atoms with Crippen LogP contribution < -0.4 is 0 Å². The molecule has 2 saturated heterocycles. The summed E-state index contributed by atoms with van der Waals surface area (Å²) in [7, 11) is 0. The molecule has 0 bridgehead atoms. The molecule has 0 N–H and O–H groups in total. The zero-order chi connectivity index (χ0) is 23.9. The van der Waals surface area contributed by atoms with Crippen LogP contribution in [0.2, 0.25) is 0 Å². The summed E-state index contributed by atoms with van der Waals surface area (Å²) >= 11 is 0. The third-order valence-electron chi connectivity index (χ3n) is 7.74. The predicted molar refractivity (Wildman–Crippen MR) is 136 cm³/mol. The average Bonchev–Trinajstić information content (AvgIpc) is 3.26. The molecule has 0 amide bonds. The van der Waals surface area contributed by atoms with Crippen molar-refractivity contribution in [1.82, 2.24) is 0 Å². The molecule has 196 valence electrons. The Labute approximate surface area is 208 Å². The second kappa shape index (κ2) is 16.1. The van der Waals surface area contributed by atoms with E-state index >= 15 is 0 Å². The fourth-order valence-corrected chi connectivity index (χ4v) is 5.61. The summed E-state index contributed by atoms with van der Waals surface area (Å²) in [5, 5.41) is 0. The Morgan fingerprint density at radius 1 is 0.912 bits per heavy atom. The van der Waals surface area contributed by atoms with Crippen LogP contribution in [0.25, 0.3) is 0 Å². The van der Waals surface area contributed by atoms with Gasteiger partial charge in [-0.15, -0.1) is 0 Å². The highest BCUT2D eigenvalue weighted by Crippen LogP contribution is 2.45. The summed E-state index contributed by atoms with van der Waals surface area (Å²) in [6, 6.07) is 0. The van der Waals surface area contributed by atoms with E-state index in [4.69, 9.17) is 18.9 Å². The van der Waals surface area contributed by atoms with Gasteiger partial charge in [0.25, 0.3) is 0 Å². The summed E-state index contributed by atoms with van der Waals surface area (Å²) in [5.74, 6) is 0.287. The Bertz CT molecular complexity index is 579. The lowest BCUT2D eigenvalue weighted by Gasteiger charge is -2.28. The van der Waals surface area contributed by atoms with Gasteiger partial charge in [-0.1, -0.05) is 45.1 Å². The van der Waals surface area contributed by atoms with Crippen LogP contribution >= 0.6 is 0 Å². The lowest BCUT2D eigenvalue weighted by molar-refractivity contribution is -0.187. The van der Waals surface area contributed by atoms with E-state index in [0.717, 1.165) is 90.4 Å². The van der Waals surface area contributed by atoms with E-state index in [1.807, 2.05) is 6.08 Å². The van der Waals surface area contributed by atoms with Gasteiger partial charge in [-0.05, 0) is 88.5 Å². The number of allylic oxidation sites excluding steroid dienone is 2. The minimum atomic E-state index is -0.0256. The Morgan fingerprint density at radius 2 is 1.68 bits per heavy atom. The van der Waals surface area contributed by atoms with Gasteiger partial charge in [0, 0.05) is 26.2 Å². The minimum Gasteiger partial charge on any atom is -0.353 e. The van der Waals surface area contributed by atoms with E-state index < -0.39 is 0 Å². The van der Waals surface area contributed by atoms with Crippen molar-refractivity contribution in [3.05, 3.63) is 12.2 Å². The summed E-state index contributed by atoms with van der Waals surface area (Å²) < 4.78 is 23.7. The molecule has 2 heterocycles. The highest BCUT2D eigenvalue weighted by molar-refractivity contribution is 5.89. The van der Waals surface area contributed by atoms with Gasteiger partial charge in [0.05, 0.1) is 6.10 Å². The van der Waals surface area contributed by atoms with Crippen LogP contribution in [-0.4, -0.2) is 44.3 Å². The second-order valence-electron chi connectivity index (χ2n) is 10.7. The third-order valence-corrected chi connectivity index (χ3v) is 7.74. The Morgan fingerprint density at radius 3 is 2.41 bits per heavy atom. The fraction of sp³-hybridized carbons (Fsp3) is 0.897. The van der Waals surface area contributed by atoms with E-state index in [2.05, 4.69) is 13.0 Å². The number of hydrogen-bond acceptors (Lipinski definition) is 5. The van der Waals surface area contributed by atoms with Crippen molar-refractivity contribution >= 4 is 5.78 Å². The maximum atomic E-state index is 12.4. The first kappa shape index (κ1) is 27.8. The van der Waals surface area contributed by atoms with Gasteiger partial charge in [-0.3, -0.25) is 4.79 Å². The number of ether oxygens (including phenoxy) is 4. The molecule has 1 aliphatic carbocycles. The van der Waals surface area contributed by atoms with Crippen molar-refractivity contribution in [1.29, 1.82) is 0 Å². The van der Waals surface area contributed by atoms with Crippen LogP contribution in [0.15, 0.2) is 12.2 Å². The molecule has 3 aliphatic rings. The SMILES string of the molecule is CCCCCC(=O)C=CC1(CCCCCCOC2CCCCO2)CCC(OC2CCCCO2)C1. The molecule has 4 unspecified atom stereocenters. The number of ketones is 1. The largest absolute Gasteiger partial charge is 0.353 e. The lowest BCUT2D eigenvalue weighted by Crippen LogP contribution is -2.27. The van der Waals surface area contributed by atoms with Crippen molar-refractivity contribution in [2.45, 2.75) is 141 Å². The Kier molecular flexibility index (Phi) is 13.2. The summed E-state index contributed by atoms with van der Waals surface area (Å²) in [4.78, 5) is 12.4. The van der Waals surface area contributed by atoms with Gasteiger partial charge in [0.1, 0.15) is 0 Å². The number of rotatable bonds is 16. The predicted octanol–water partition coefficient (Wildman–Crippen LogP) is 7.27. The summed E-state index contributed by atoms with van der Waals surface area (Å²) in [5.41, 5.74) is 0.103. The Hall–Kier alpha value is -0.750. The van der Waals surface area contributed by atoms with E-state index in [0.29, 0.717) is 6.42 Å². The lowest BCUT2D eigenvalue weighted by atomic mass is 9.80. The molecule has 3 fully saturated rings. The van der Waals surface area contributed by atoms with Crippen LogP contribution in [0, 0.1) is 5.41 Å². The molecule has 34 heavy (non-hydrogen) atoms. The van der Waals surface area contributed by atoms with Crippen LogP contribution in [0.1, 0.15) is 122 Å². The normalized spacial score (nSPS) is 30.2. The molecule has 0 aromatic carbocycles. The standard InChI is InChI=1S/C29H50O5/c1-2-3-6-13-25(30)16-19-29(20-17-26(24-29)34-28-15-8-12-23-33-28)18-9-4-5-10-21-31-27-14-7-11-22-32-27/h16,19,26-28H,2-15,17-18,20-24H2,1H3. The van der Waals surface area contributed by atoms with Crippen LogP contribution in [0.4, 0.5) is 0 Å². The van der Waals surface area contributed by atoms with Crippen LogP contribution in [-0.2, 0) is 23.7 Å². The Balaban J connectivity index is 1.40. The van der Waals surface area contributed by atoms with Crippen LogP contribution in [0.5, 0.6) is 0 Å². The number of carbonyl (C=O) groups is 1. The van der Waals surface area contributed by atoms with Gasteiger partial charge in [0.2, 0.25) is 0 Å². The molecule has 0 radical (unpaired) electrons. The fourth-order valence-electron chi connectivity index (χ4n) is 5.61. The number of hydrogen-bond donors (Lipinski definition) is 0. The highest BCUT2D eigenvalue weighted by Gasteiger charge is 2.38. The molecular weight excluding hydrogens is 428 g/mol. The van der Waals surface area contributed by atoms with Crippen molar-refractivity contribution in [3.63, 3.8) is 0 Å². The van der Waals surface area contributed by atoms with Gasteiger partial charge in [0.15, 0.2) is 18.4 Å². The smallest absolute Gasteiger partial charge is 0.157 e. The molecule has 4 atom stereocenters. The zero-order valence-electron chi connectivity index (χ0n) is 21.8. The van der Waals surface area contributed by atoms with Crippen molar-refractivity contribution in [2.24, 2.45) is 5.41 Å². The number of carbonyl (C=O) groups excluding carboxylic acids is 1. The number of unbranched alkanes of at least 4 members (excludes halogenated alkanes) is 5. The molecule has 3 rings (SSSR count). The molecule has 5 heteroatoms. The van der Waals surface area contributed by atoms with Gasteiger partial charge in [-0.25, -0.2) is 0 Å². The maximum Gasteiger partial charge on any atom is 0.157 e. The maximum absolute atomic E-state index is 12.4. The molecule has 0 aromatic rings. The molecular formula is C29H50O5. The molecule has 5 nitrogen and oxygen atoms in total. The molecule has 2 aliphatic heterocycles. The zero-order valence-corrected chi connectivity index (χ0v) is 21.8. The molecule has 1 saturated carbocycles. The van der Waals surface area contributed by atoms with E-state index in [1.54, 1.807) is 0 Å². The van der Waals surface area contributed by atoms with E-state index in [1.165, 1.54) is 38.5 Å². The van der Waals surface area contributed by atoms with Crippen LogP contribution in [0.3, 0.4) is 0 Å². The monoisotopic (exact) mass is 478 g/mol. The summed E-state index contributed by atoms with van der Waals surface area (Å²) in [6.45, 7) is 4.66. The highest BCUT2D eigenvalue weighted by atomic mass is 16.7. The molecule has 0 aromatic heterocycles.